The third-order valence-electron chi connectivity index (χ3n) is 5.42. The molecule has 0 aliphatic heterocycles. The van der Waals surface area contributed by atoms with E-state index in [4.69, 9.17) is 5.26 Å². The van der Waals surface area contributed by atoms with E-state index in [-0.39, 0.29) is 11.3 Å². The van der Waals surface area contributed by atoms with Crippen molar-refractivity contribution in [3.63, 3.8) is 0 Å². The van der Waals surface area contributed by atoms with E-state index in [0.717, 1.165) is 16.7 Å². The zero-order chi connectivity index (χ0) is 26.6. The minimum Gasteiger partial charge on any atom is -0.294 e. The van der Waals surface area contributed by atoms with Crippen LogP contribution in [0.1, 0.15) is 48.0 Å². The maximum absolute atomic E-state index is 13.3. The average molecular weight is 493 g/mol. The number of benzene rings is 2. The summed E-state index contributed by atoms with van der Waals surface area (Å²) in [6, 6.07) is 16.2. The molecule has 0 radical (unpaired) electrons. The monoisotopic (exact) mass is 492 g/mol. The summed E-state index contributed by atoms with van der Waals surface area (Å²) < 4.78 is 42.6. The van der Waals surface area contributed by atoms with Crippen LogP contribution in [0.2, 0.25) is 0 Å². The highest BCUT2D eigenvalue weighted by Crippen LogP contribution is 2.32. The lowest BCUT2D eigenvalue weighted by molar-refractivity contribution is -0.137. The molecule has 0 bridgehead atoms. The summed E-state index contributed by atoms with van der Waals surface area (Å²) in [7, 11) is 0. The van der Waals surface area contributed by atoms with E-state index < -0.39 is 23.1 Å². The van der Waals surface area contributed by atoms with Crippen LogP contribution in [0, 0.1) is 18.3 Å². The molecule has 0 aliphatic rings. The minimum atomic E-state index is -4.59. The van der Waals surface area contributed by atoms with Crippen molar-refractivity contribution in [3.05, 3.63) is 99.6 Å². The fraction of sp³-hybridized carbons (Fsp3) is 0.185. The first-order chi connectivity index (χ1) is 17.1. The lowest BCUT2D eigenvalue weighted by atomic mass is 10.0. The van der Waals surface area contributed by atoms with Gasteiger partial charge in [0, 0.05) is 16.9 Å². The maximum Gasteiger partial charge on any atom is 0.416 e. The molecule has 0 amide bonds. The van der Waals surface area contributed by atoms with Crippen LogP contribution in [-0.4, -0.2) is 20.1 Å². The van der Waals surface area contributed by atoms with Gasteiger partial charge in [0.25, 0.3) is 5.56 Å². The molecule has 0 spiro atoms. The lowest BCUT2D eigenvalue weighted by Crippen LogP contribution is -2.27. The molecule has 2 heterocycles. The van der Waals surface area contributed by atoms with Crippen molar-refractivity contribution in [2.45, 2.75) is 33.9 Å². The summed E-state index contributed by atoms with van der Waals surface area (Å²) >= 11 is 0. The first kappa shape index (κ1) is 26.2. The van der Waals surface area contributed by atoms with Crippen molar-refractivity contribution in [2.24, 2.45) is 0 Å². The lowest BCUT2D eigenvalue weighted by Gasteiger charge is -2.18. The van der Waals surface area contributed by atoms with E-state index in [1.807, 2.05) is 19.9 Å². The van der Waals surface area contributed by atoms with Gasteiger partial charge in [-0.1, -0.05) is 19.9 Å². The summed E-state index contributed by atoms with van der Waals surface area (Å²) in [4.78, 5) is 25.4. The first-order valence-corrected chi connectivity index (χ1v) is 11.1. The second-order valence-electron chi connectivity index (χ2n) is 7.59. The molecule has 0 aliphatic carbocycles. The van der Waals surface area contributed by atoms with Gasteiger partial charge >= 0.3 is 6.18 Å². The number of halogens is 3. The summed E-state index contributed by atoms with van der Waals surface area (Å²) in [6.45, 7) is 6.82. The van der Waals surface area contributed by atoms with Gasteiger partial charge < -0.3 is 0 Å². The van der Waals surface area contributed by atoms with E-state index in [9.17, 15) is 22.8 Å². The number of aromatic nitrogens is 3. The molecule has 184 valence electrons. The normalized spacial score (nSPS) is 10.8. The van der Waals surface area contributed by atoms with Gasteiger partial charge in [0.05, 0.1) is 40.3 Å². The van der Waals surface area contributed by atoms with Crippen LogP contribution >= 0.6 is 0 Å². The number of hydrogen-bond acceptors (Lipinski definition) is 4. The van der Waals surface area contributed by atoms with Crippen LogP contribution in [0.25, 0.3) is 22.6 Å². The zero-order valence-corrected chi connectivity index (χ0v) is 20.1. The van der Waals surface area contributed by atoms with Crippen LogP contribution < -0.4 is 5.56 Å². The number of pyridine rings is 1. The molecule has 4 aromatic rings. The number of Topliss-reactive ketones (excluding diaryl/α,β-unsaturated/α-hetero) is 1. The summed E-state index contributed by atoms with van der Waals surface area (Å²) in [5.74, 6) is -0.517. The van der Waals surface area contributed by atoms with Gasteiger partial charge in [0.2, 0.25) is 0 Å². The molecule has 0 fully saturated rings. The summed E-state index contributed by atoms with van der Waals surface area (Å²) in [5, 5.41) is 13.4. The Kier molecular flexibility index (Phi) is 7.59. The van der Waals surface area contributed by atoms with Crippen molar-refractivity contribution in [1.29, 1.82) is 5.26 Å². The van der Waals surface area contributed by atoms with E-state index in [1.54, 1.807) is 41.9 Å². The molecule has 2 aromatic carbocycles. The maximum atomic E-state index is 13.3. The number of nitriles is 1. The molecular weight excluding hydrogens is 469 g/mol. The molecule has 0 saturated carbocycles. The molecule has 6 nitrogen and oxygen atoms in total. The largest absolute Gasteiger partial charge is 0.416 e. The molecule has 9 heteroatoms. The molecular formula is C27H23F3N4O2. The highest BCUT2D eigenvalue weighted by molar-refractivity contribution is 5.95. The van der Waals surface area contributed by atoms with Crippen molar-refractivity contribution in [1.82, 2.24) is 14.3 Å². The predicted octanol–water partition coefficient (Wildman–Crippen LogP) is 6.12. The van der Waals surface area contributed by atoms with Gasteiger partial charge in [-0.3, -0.25) is 14.2 Å². The van der Waals surface area contributed by atoms with E-state index in [1.165, 1.54) is 31.3 Å². The first-order valence-electron chi connectivity index (χ1n) is 11.1. The Morgan fingerprint density at radius 3 is 2.25 bits per heavy atom. The predicted molar refractivity (Wildman–Crippen MR) is 130 cm³/mol. The molecule has 0 N–H and O–H groups in total. The average Bonchev–Trinajstić information content (AvgIpc) is 3.34. The van der Waals surface area contributed by atoms with Crippen LogP contribution in [-0.2, 0) is 6.18 Å². The minimum absolute atomic E-state index is 0.00823. The number of rotatable bonds is 4. The van der Waals surface area contributed by atoms with E-state index >= 15 is 0 Å². The number of hydrogen-bond donors (Lipinski definition) is 0. The number of ketones is 1. The van der Waals surface area contributed by atoms with Crippen molar-refractivity contribution in [2.75, 3.05) is 0 Å². The molecule has 4 rings (SSSR count). The quantitative estimate of drug-likeness (QED) is 0.322. The number of carbonyl (C=O) groups excluding carboxylic acids is 1. The molecule has 0 unspecified atom stereocenters. The van der Waals surface area contributed by atoms with Gasteiger partial charge in [-0.2, -0.15) is 23.5 Å². The fourth-order valence-electron chi connectivity index (χ4n) is 3.74. The smallest absolute Gasteiger partial charge is 0.294 e. The number of carbonyl (C=O) groups is 1. The van der Waals surface area contributed by atoms with Gasteiger partial charge in [0.15, 0.2) is 5.78 Å². The van der Waals surface area contributed by atoms with Crippen LogP contribution in [0.3, 0.4) is 0 Å². The number of nitrogens with zero attached hydrogens (tertiary/aromatic N) is 4. The Bertz CT molecular complexity index is 1510. The standard InChI is InChI=1S/C25H17F3N4O2.C2H6/c1-15-21(23-10-11-30-32(23)19-8-6-17(14-29)7-9-19)13-22(16(2)33)24(34)31(15)20-5-3-4-18(12-20)25(26,27)28;1-2/h3-13H,1-2H3;1-2H3. The van der Waals surface area contributed by atoms with Gasteiger partial charge in [-0.25, -0.2) is 4.68 Å². The Morgan fingerprint density at radius 2 is 1.67 bits per heavy atom. The van der Waals surface area contributed by atoms with Crippen LogP contribution in [0.15, 0.2) is 71.7 Å². The van der Waals surface area contributed by atoms with Gasteiger partial charge in [-0.05, 0) is 68.4 Å². The van der Waals surface area contributed by atoms with Crippen LogP contribution in [0.5, 0.6) is 0 Å². The zero-order valence-electron chi connectivity index (χ0n) is 20.1. The molecule has 2 aromatic heterocycles. The SMILES string of the molecule is CC.CC(=O)c1cc(-c2ccnn2-c2ccc(C#N)cc2)c(C)n(-c2cccc(C(F)(F)F)c2)c1=O. The Morgan fingerprint density at radius 1 is 1.00 bits per heavy atom. The molecule has 36 heavy (non-hydrogen) atoms. The summed E-state index contributed by atoms with van der Waals surface area (Å²) in [6.07, 6.45) is -3.07. The number of alkyl halides is 3. The van der Waals surface area contributed by atoms with Gasteiger partial charge in [-0.15, -0.1) is 0 Å². The Labute approximate surface area is 205 Å². The third-order valence-corrected chi connectivity index (χ3v) is 5.42. The molecule has 0 saturated heterocycles. The van der Waals surface area contributed by atoms with E-state index in [2.05, 4.69) is 5.10 Å². The molecule has 0 atom stereocenters. The van der Waals surface area contributed by atoms with Crippen molar-refractivity contribution >= 4 is 5.78 Å². The van der Waals surface area contributed by atoms with E-state index in [0.29, 0.717) is 28.2 Å². The topological polar surface area (TPSA) is 80.7 Å². The van der Waals surface area contributed by atoms with Crippen molar-refractivity contribution in [3.8, 4) is 28.7 Å². The highest BCUT2D eigenvalue weighted by Gasteiger charge is 2.31. The second kappa shape index (κ2) is 10.4. The van der Waals surface area contributed by atoms with Gasteiger partial charge in [0.1, 0.15) is 0 Å². The Hall–Kier alpha value is -4.45. The van der Waals surface area contributed by atoms with Crippen molar-refractivity contribution < 1.29 is 18.0 Å². The fourth-order valence-corrected chi connectivity index (χ4v) is 3.74. The third kappa shape index (κ3) is 4.98. The highest BCUT2D eigenvalue weighted by atomic mass is 19.4. The second-order valence-corrected chi connectivity index (χ2v) is 7.59. The van der Waals surface area contributed by atoms with Crippen LogP contribution in [0.4, 0.5) is 13.2 Å². The Balaban J connectivity index is 0.00000176. The summed E-state index contributed by atoms with van der Waals surface area (Å²) in [5.41, 5.74) is 0.604.